The quantitative estimate of drug-likeness (QED) is 0.545. The van der Waals surface area contributed by atoms with E-state index in [0.717, 1.165) is 49.1 Å². The predicted molar refractivity (Wildman–Crippen MR) is 126 cm³/mol. The summed E-state index contributed by atoms with van der Waals surface area (Å²) in [5, 5.41) is 22.0. The highest BCUT2D eigenvalue weighted by Crippen LogP contribution is 2.35. The van der Waals surface area contributed by atoms with Crippen molar-refractivity contribution in [3.8, 4) is 11.6 Å². The fourth-order valence-electron chi connectivity index (χ4n) is 5.44. The number of hydrogen-bond acceptors (Lipinski definition) is 8. The summed E-state index contributed by atoms with van der Waals surface area (Å²) in [7, 11) is 0. The summed E-state index contributed by atoms with van der Waals surface area (Å²) >= 11 is 0. The number of benzene rings is 1. The molecule has 0 spiro atoms. The lowest BCUT2D eigenvalue weighted by molar-refractivity contribution is 0.0398. The minimum absolute atomic E-state index is 0.0169. The van der Waals surface area contributed by atoms with Crippen LogP contribution >= 0.6 is 0 Å². The van der Waals surface area contributed by atoms with Gasteiger partial charge in [0.25, 0.3) is 11.4 Å². The van der Waals surface area contributed by atoms with E-state index in [9.17, 15) is 14.3 Å². The molecule has 3 aromatic rings. The monoisotopic (exact) mass is 481 g/mol. The summed E-state index contributed by atoms with van der Waals surface area (Å²) in [4.78, 5) is 14.7. The Morgan fingerprint density at radius 1 is 1.17 bits per heavy atom. The molecule has 2 aromatic heterocycles. The zero-order valence-corrected chi connectivity index (χ0v) is 19.3. The van der Waals surface area contributed by atoms with E-state index in [1.807, 2.05) is 6.07 Å². The Balaban J connectivity index is 1.04. The maximum Gasteiger partial charge on any atom is 0.276 e. The largest absolute Gasteiger partial charge is 0.484 e. The molecule has 0 amide bonds. The third-order valence-corrected chi connectivity index (χ3v) is 7.27. The maximum atomic E-state index is 14.8. The Labute approximate surface area is 201 Å². The third-order valence-electron chi connectivity index (χ3n) is 7.27. The smallest absolute Gasteiger partial charge is 0.276 e. The Bertz CT molecular complexity index is 1310. The van der Waals surface area contributed by atoms with Crippen LogP contribution in [0.4, 0.5) is 4.39 Å². The van der Waals surface area contributed by atoms with Gasteiger partial charge in [-0.1, -0.05) is 0 Å². The van der Waals surface area contributed by atoms with Crippen molar-refractivity contribution in [3.05, 3.63) is 57.8 Å². The van der Waals surface area contributed by atoms with E-state index in [0.29, 0.717) is 42.9 Å². The van der Waals surface area contributed by atoms with Gasteiger partial charge in [-0.15, -0.1) is 5.10 Å². The molecule has 2 unspecified atom stereocenters. The van der Waals surface area contributed by atoms with Gasteiger partial charge >= 0.3 is 0 Å². The molecule has 3 aliphatic heterocycles. The SMILES string of the molecule is O=c1ccc2ccc(F)c3c2n1CC3CN1CCC(NCc2cc3c(nn2)OC(CO)CO3)CC1. The van der Waals surface area contributed by atoms with E-state index in [1.165, 1.54) is 6.07 Å². The highest BCUT2D eigenvalue weighted by atomic mass is 19.1. The molecule has 1 fully saturated rings. The molecule has 5 heterocycles. The molecule has 1 saturated heterocycles. The van der Waals surface area contributed by atoms with Gasteiger partial charge in [0.15, 0.2) is 11.9 Å². The van der Waals surface area contributed by atoms with Crippen LogP contribution in [0.25, 0.3) is 10.9 Å². The number of ether oxygens (including phenoxy) is 2. The van der Waals surface area contributed by atoms with Crippen molar-refractivity contribution in [2.24, 2.45) is 0 Å². The number of aromatic nitrogens is 3. The summed E-state index contributed by atoms with van der Waals surface area (Å²) in [6.45, 7) is 3.84. The number of piperidine rings is 1. The number of aliphatic hydroxyl groups excluding tert-OH is 1. The van der Waals surface area contributed by atoms with E-state index in [2.05, 4.69) is 20.4 Å². The van der Waals surface area contributed by atoms with Crippen molar-refractivity contribution >= 4 is 10.9 Å². The van der Waals surface area contributed by atoms with E-state index >= 15 is 0 Å². The molecule has 9 nitrogen and oxygen atoms in total. The number of aliphatic hydroxyl groups is 1. The van der Waals surface area contributed by atoms with Crippen LogP contribution < -0.4 is 20.3 Å². The van der Waals surface area contributed by atoms with Gasteiger partial charge in [-0.3, -0.25) is 4.79 Å². The van der Waals surface area contributed by atoms with Crippen LogP contribution in [0.1, 0.15) is 30.0 Å². The summed E-state index contributed by atoms with van der Waals surface area (Å²) in [5.41, 5.74) is 2.15. The number of nitrogens with one attached hydrogen (secondary N) is 1. The first-order valence-electron chi connectivity index (χ1n) is 12.1. The summed E-state index contributed by atoms with van der Waals surface area (Å²) in [6.07, 6.45) is 1.54. The van der Waals surface area contributed by atoms with E-state index in [1.54, 1.807) is 22.8 Å². The lowest BCUT2D eigenvalue weighted by atomic mass is 9.97. The molecule has 0 saturated carbocycles. The first kappa shape index (κ1) is 22.4. The number of pyridine rings is 1. The lowest BCUT2D eigenvalue weighted by Crippen LogP contribution is -2.43. The highest BCUT2D eigenvalue weighted by Gasteiger charge is 2.31. The minimum Gasteiger partial charge on any atom is -0.484 e. The van der Waals surface area contributed by atoms with Crippen molar-refractivity contribution in [2.45, 2.75) is 44.0 Å². The highest BCUT2D eigenvalue weighted by molar-refractivity contribution is 5.84. The van der Waals surface area contributed by atoms with Crippen LogP contribution in [0.3, 0.4) is 0 Å². The van der Waals surface area contributed by atoms with Gasteiger partial charge in [0, 0.05) is 49.3 Å². The first-order chi connectivity index (χ1) is 17.1. The zero-order chi connectivity index (χ0) is 23.9. The fourth-order valence-corrected chi connectivity index (χ4v) is 5.44. The molecule has 0 bridgehead atoms. The van der Waals surface area contributed by atoms with E-state index < -0.39 is 6.10 Å². The molecule has 10 heteroatoms. The second-order valence-corrected chi connectivity index (χ2v) is 9.57. The van der Waals surface area contributed by atoms with Gasteiger partial charge in [0.2, 0.25) is 0 Å². The van der Waals surface area contributed by atoms with Crippen molar-refractivity contribution < 1.29 is 19.0 Å². The van der Waals surface area contributed by atoms with E-state index in [-0.39, 0.29) is 23.9 Å². The van der Waals surface area contributed by atoms with Crippen molar-refractivity contribution in [1.29, 1.82) is 0 Å². The molecule has 0 radical (unpaired) electrons. The normalized spacial score (nSPS) is 22.1. The van der Waals surface area contributed by atoms with Gasteiger partial charge < -0.3 is 29.4 Å². The lowest BCUT2D eigenvalue weighted by Gasteiger charge is -2.34. The Morgan fingerprint density at radius 2 is 2.00 bits per heavy atom. The zero-order valence-electron chi connectivity index (χ0n) is 19.3. The number of likely N-dealkylation sites (tertiary alicyclic amines) is 1. The van der Waals surface area contributed by atoms with Gasteiger partial charge in [-0.25, -0.2) is 4.39 Å². The summed E-state index contributed by atoms with van der Waals surface area (Å²) < 4.78 is 27.7. The Hall–Kier alpha value is -3.08. The number of halogens is 1. The second kappa shape index (κ2) is 9.18. The molecule has 0 aliphatic carbocycles. The molecule has 1 aromatic carbocycles. The van der Waals surface area contributed by atoms with Gasteiger partial charge in [-0.05, 0) is 49.5 Å². The van der Waals surface area contributed by atoms with Crippen LogP contribution in [-0.2, 0) is 13.1 Å². The predicted octanol–water partition coefficient (Wildman–Crippen LogP) is 1.41. The second-order valence-electron chi connectivity index (χ2n) is 9.57. The molecule has 2 atom stereocenters. The van der Waals surface area contributed by atoms with Crippen LogP contribution in [-0.4, -0.2) is 69.8 Å². The molecule has 6 rings (SSSR count). The number of nitrogens with zero attached hydrogens (tertiary/aromatic N) is 4. The molecule has 35 heavy (non-hydrogen) atoms. The Kier molecular flexibility index (Phi) is 5.87. The molecule has 184 valence electrons. The average molecular weight is 482 g/mol. The van der Waals surface area contributed by atoms with Crippen LogP contribution in [0.15, 0.2) is 35.1 Å². The summed E-state index contributed by atoms with van der Waals surface area (Å²) in [6, 6.07) is 8.81. The van der Waals surface area contributed by atoms with Crippen molar-refractivity contribution in [1.82, 2.24) is 25.0 Å². The first-order valence-corrected chi connectivity index (χ1v) is 12.1. The standard InChI is InChI=1S/C25H28FN5O4/c26-20-3-1-15-2-4-22(33)31-12-16(23(20)24(15)31)11-30-7-5-17(6-8-30)27-10-18-9-21-25(29-28-18)35-19(13-32)14-34-21/h1-4,9,16-17,19,27,32H,5-8,10-14H2. The van der Waals surface area contributed by atoms with Gasteiger partial charge in [-0.2, -0.15) is 5.10 Å². The Morgan fingerprint density at radius 3 is 2.83 bits per heavy atom. The molecule has 2 N–H and O–H groups in total. The van der Waals surface area contributed by atoms with Gasteiger partial charge in [0.1, 0.15) is 12.4 Å². The third kappa shape index (κ3) is 4.26. The van der Waals surface area contributed by atoms with Crippen molar-refractivity contribution in [2.75, 3.05) is 32.8 Å². The average Bonchev–Trinajstić information content (AvgIpc) is 3.28. The topological polar surface area (TPSA) is 102 Å². The maximum absolute atomic E-state index is 14.8. The number of rotatable bonds is 6. The fraction of sp³-hybridized carbons (Fsp3) is 0.480. The molecule has 3 aliphatic rings. The minimum atomic E-state index is -0.408. The summed E-state index contributed by atoms with van der Waals surface area (Å²) in [5.74, 6) is 0.631. The molecular weight excluding hydrogens is 453 g/mol. The van der Waals surface area contributed by atoms with Gasteiger partial charge in [0.05, 0.1) is 17.8 Å². The van der Waals surface area contributed by atoms with Crippen molar-refractivity contribution in [3.63, 3.8) is 0 Å². The number of hydrogen-bond donors (Lipinski definition) is 2. The van der Waals surface area contributed by atoms with Crippen LogP contribution in [0.2, 0.25) is 0 Å². The van der Waals surface area contributed by atoms with Crippen LogP contribution in [0.5, 0.6) is 11.6 Å². The van der Waals surface area contributed by atoms with Crippen LogP contribution in [0, 0.1) is 5.82 Å². The number of fused-ring (bicyclic) bond motifs is 1. The molecular formula is C25H28FN5O4. The van der Waals surface area contributed by atoms with E-state index in [4.69, 9.17) is 9.47 Å².